The van der Waals surface area contributed by atoms with E-state index in [2.05, 4.69) is 24.9 Å². The first-order valence-corrected chi connectivity index (χ1v) is 12.2. The van der Waals surface area contributed by atoms with Gasteiger partial charge in [0.1, 0.15) is 5.69 Å². The summed E-state index contributed by atoms with van der Waals surface area (Å²) in [5.74, 6) is -0.532. The van der Waals surface area contributed by atoms with Crippen LogP contribution in [-0.4, -0.2) is 16.3 Å². The van der Waals surface area contributed by atoms with Crippen LogP contribution in [0.1, 0.15) is 38.1 Å². The van der Waals surface area contributed by atoms with Gasteiger partial charge in [-0.2, -0.15) is 5.11 Å². The highest BCUT2D eigenvalue weighted by molar-refractivity contribution is 7.94. The maximum absolute atomic E-state index is 12.7. The summed E-state index contributed by atoms with van der Waals surface area (Å²) < 4.78 is 4.56. The molecule has 0 bridgehead atoms. The summed E-state index contributed by atoms with van der Waals surface area (Å²) in [4.78, 5) is 13.0. The van der Waals surface area contributed by atoms with E-state index in [0.717, 1.165) is 0 Å². The second kappa shape index (κ2) is 15.3. The van der Waals surface area contributed by atoms with Gasteiger partial charge >= 0.3 is 0 Å². The fraction of sp³-hybridized carbons (Fsp3) is 0.148. The molecule has 9 heteroatoms. The number of rotatable bonds is 7. The lowest BCUT2D eigenvalue weighted by Gasteiger charge is -2.13. The third kappa shape index (κ3) is 7.37. The number of hydrogen-bond donors (Lipinski definition) is 3. The van der Waals surface area contributed by atoms with E-state index in [0.29, 0.717) is 44.6 Å². The number of nitrogens with one attached hydrogen (secondary N) is 1. The van der Waals surface area contributed by atoms with Crippen LogP contribution in [0.5, 0.6) is 5.75 Å². The smallest absolute Gasteiger partial charge is 0.255 e. The molecule has 0 saturated carbocycles. The van der Waals surface area contributed by atoms with Crippen LogP contribution in [0.2, 0.25) is 0 Å². The SMILES string of the molecule is CC.CC.O=C(Nc1cccc2cc(SOOO)c(N=Nc3ccccc3)c(O)c12)c1ccccc1. The van der Waals surface area contributed by atoms with E-state index >= 15 is 0 Å². The van der Waals surface area contributed by atoms with Crippen LogP contribution in [0, 0.1) is 0 Å². The molecule has 0 spiro atoms. The number of anilines is 1. The largest absolute Gasteiger partial charge is 0.505 e. The molecule has 8 nitrogen and oxygen atoms in total. The molecule has 3 N–H and O–H groups in total. The third-order valence-corrected chi connectivity index (χ3v) is 5.16. The summed E-state index contributed by atoms with van der Waals surface area (Å²) in [5, 5.41) is 35.5. The van der Waals surface area contributed by atoms with Gasteiger partial charge in [0.25, 0.3) is 5.91 Å². The highest BCUT2D eigenvalue weighted by Crippen LogP contribution is 2.46. The molecule has 36 heavy (non-hydrogen) atoms. The number of carbonyl (C=O) groups is 1. The van der Waals surface area contributed by atoms with Gasteiger partial charge in [-0.15, -0.1) is 9.45 Å². The van der Waals surface area contributed by atoms with Gasteiger partial charge in [-0.1, -0.05) is 81.3 Å². The number of aromatic hydroxyl groups is 1. The third-order valence-electron chi connectivity index (χ3n) is 4.54. The fourth-order valence-electron chi connectivity index (χ4n) is 3.10. The number of amides is 1. The van der Waals surface area contributed by atoms with Crippen molar-refractivity contribution in [3.63, 3.8) is 0 Å². The zero-order valence-corrected chi connectivity index (χ0v) is 21.3. The molecule has 0 atom stereocenters. The summed E-state index contributed by atoms with van der Waals surface area (Å²) in [6.07, 6.45) is 0. The Morgan fingerprint density at radius 1 is 0.861 bits per heavy atom. The molecule has 0 radical (unpaired) electrons. The van der Waals surface area contributed by atoms with Crippen LogP contribution in [0.25, 0.3) is 10.8 Å². The Morgan fingerprint density at radius 2 is 1.50 bits per heavy atom. The Bertz CT molecular complexity index is 1270. The summed E-state index contributed by atoms with van der Waals surface area (Å²) in [6, 6.07) is 24.6. The molecule has 0 aliphatic rings. The summed E-state index contributed by atoms with van der Waals surface area (Å²) in [5.41, 5.74) is 1.55. The van der Waals surface area contributed by atoms with Crippen LogP contribution in [-0.2, 0) is 9.37 Å². The standard InChI is InChI=1S/C23H17N3O5S.2C2H6/c27-22-20-16(10-7-13-18(20)24-23(28)15-8-3-1-4-9-15)14-19(32-31-30-29)21(22)26-25-17-11-5-2-6-12-17;2*1-2/h1-14,27,29H,(H,24,28);2*1-2H3. The van der Waals surface area contributed by atoms with E-state index < -0.39 is 0 Å². The van der Waals surface area contributed by atoms with Crippen molar-refractivity contribution in [2.24, 2.45) is 10.2 Å². The number of carbonyl (C=O) groups excluding carboxylic acids is 1. The maximum Gasteiger partial charge on any atom is 0.255 e. The van der Waals surface area contributed by atoms with Gasteiger partial charge < -0.3 is 10.4 Å². The lowest BCUT2D eigenvalue weighted by molar-refractivity contribution is -0.432. The molecule has 0 heterocycles. The van der Waals surface area contributed by atoms with Crippen molar-refractivity contribution in [2.45, 2.75) is 32.6 Å². The van der Waals surface area contributed by atoms with Crippen LogP contribution in [0.15, 0.2) is 100 Å². The number of phenols is 1. The van der Waals surface area contributed by atoms with Crippen molar-refractivity contribution >= 4 is 45.8 Å². The number of nitrogens with zero attached hydrogens (tertiary/aromatic N) is 2. The average Bonchev–Trinajstić information content (AvgIpc) is 2.94. The highest BCUT2D eigenvalue weighted by atomic mass is 32.2. The maximum atomic E-state index is 12.7. The number of phenolic OH excluding ortho intramolecular Hbond substituents is 1. The fourth-order valence-corrected chi connectivity index (χ4v) is 3.60. The van der Waals surface area contributed by atoms with Crippen LogP contribution in [0.4, 0.5) is 17.1 Å². The van der Waals surface area contributed by atoms with Crippen molar-refractivity contribution in [1.29, 1.82) is 0 Å². The molecular formula is C27H29N3O5S. The second-order valence-electron chi connectivity index (χ2n) is 6.56. The summed E-state index contributed by atoms with van der Waals surface area (Å²) in [7, 11) is 0. The number of fused-ring (bicyclic) bond motifs is 1. The zero-order valence-electron chi connectivity index (χ0n) is 20.5. The van der Waals surface area contributed by atoms with E-state index in [1.165, 1.54) is 0 Å². The molecule has 0 saturated heterocycles. The van der Waals surface area contributed by atoms with Gasteiger partial charge in [-0.3, -0.25) is 4.79 Å². The molecule has 0 fully saturated rings. The minimum absolute atomic E-state index is 0.0878. The number of azo groups is 1. The first-order valence-electron chi connectivity index (χ1n) is 11.4. The minimum Gasteiger partial charge on any atom is -0.505 e. The van der Waals surface area contributed by atoms with Crippen LogP contribution >= 0.6 is 12.0 Å². The molecule has 4 aromatic carbocycles. The van der Waals surface area contributed by atoms with E-state index in [9.17, 15) is 9.90 Å². The quantitative estimate of drug-likeness (QED) is 0.0998. The van der Waals surface area contributed by atoms with Crippen molar-refractivity contribution < 1.29 is 24.5 Å². The Kier molecular flexibility index (Phi) is 12.1. The lowest BCUT2D eigenvalue weighted by Crippen LogP contribution is -2.11. The molecule has 4 aromatic rings. The number of hydrogen-bond acceptors (Lipinski definition) is 8. The van der Waals surface area contributed by atoms with Gasteiger partial charge in [-0.25, -0.2) is 5.26 Å². The van der Waals surface area contributed by atoms with Crippen LogP contribution in [0.3, 0.4) is 0 Å². The molecule has 0 aliphatic carbocycles. The summed E-state index contributed by atoms with van der Waals surface area (Å²) in [6.45, 7) is 8.00. The highest BCUT2D eigenvalue weighted by Gasteiger charge is 2.18. The molecule has 0 aromatic heterocycles. The molecule has 4 rings (SSSR count). The predicted molar refractivity (Wildman–Crippen MR) is 144 cm³/mol. The molecular weight excluding hydrogens is 478 g/mol. The molecule has 0 aliphatic heterocycles. The van der Waals surface area contributed by atoms with Crippen molar-refractivity contribution in [3.8, 4) is 5.75 Å². The topological polar surface area (TPSA) is 113 Å². The summed E-state index contributed by atoms with van der Waals surface area (Å²) >= 11 is 0.654. The van der Waals surface area contributed by atoms with Gasteiger partial charge in [0.15, 0.2) is 5.75 Å². The Morgan fingerprint density at radius 3 is 2.14 bits per heavy atom. The normalized spacial score (nSPS) is 10.2. The molecule has 1 amide bonds. The Balaban J connectivity index is 0.00000109. The predicted octanol–water partition coefficient (Wildman–Crippen LogP) is 8.69. The minimum atomic E-state index is -0.319. The van der Waals surface area contributed by atoms with Crippen molar-refractivity contribution in [2.75, 3.05) is 5.32 Å². The lowest BCUT2D eigenvalue weighted by atomic mass is 10.1. The number of benzene rings is 4. The van der Waals surface area contributed by atoms with E-state index in [1.807, 2.05) is 52.0 Å². The van der Waals surface area contributed by atoms with Gasteiger partial charge in [0.2, 0.25) is 0 Å². The Labute approximate surface area is 214 Å². The van der Waals surface area contributed by atoms with Gasteiger partial charge in [0.05, 0.1) is 28.3 Å². The Hall–Kier alpha value is -3.76. The monoisotopic (exact) mass is 507 g/mol. The van der Waals surface area contributed by atoms with Crippen molar-refractivity contribution in [1.82, 2.24) is 0 Å². The first kappa shape index (κ1) is 28.5. The van der Waals surface area contributed by atoms with Crippen molar-refractivity contribution in [3.05, 3.63) is 90.5 Å². The van der Waals surface area contributed by atoms with Gasteiger partial charge in [-0.05, 0) is 41.8 Å². The van der Waals surface area contributed by atoms with E-state index in [1.54, 1.807) is 60.7 Å². The molecule has 0 unspecified atom stereocenters. The van der Waals surface area contributed by atoms with E-state index in [-0.39, 0.29) is 17.3 Å². The second-order valence-corrected chi connectivity index (χ2v) is 7.30. The average molecular weight is 508 g/mol. The van der Waals surface area contributed by atoms with Gasteiger partial charge in [0, 0.05) is 10.9 Å². The zero-order chi connectivity index (χ0) is 26.3. The first-order chi connectivity index (χ1) is 17.7. The van der Waals surface area contributed by atoms with E-state index in [4.69, 9.17) is 5.26 Å². The molecule has 188 valence electrons. The van der Waals surface area contributed by atoms with Crippen LogP contribution < -0.4 is 5.32 Å².